The number of carbonyl (C=O) groups excluding carboxylic acids is 3. The molecule has 3 amide bonds. The van der Waals surface area contributed by atoms with E-state index in [1.54, 1.807) is 11.1 Å². The fourth-order valence-corrected chi connectivity index (χ4v) is 6.89. The van der Waals surface area contributed by atoms with Crippen LogP contribution in [0.25, 0.3) is 0 Å². The molecule has 5 rings (SSSR count). The third-order valence-electron chi connectivity index (χ3n) is 9.41. The molecule has 0 spiro atoms. The Labute approximate surface area is 285 Å². The number of primary amides is 1. The largest absolute Gasteiger partial charge is 0.493 e. The first-order chi connectivity index (χ1) is 22.0. The van der Waals surface area contributed by atoms with Crippen LogP contribution in [0.2, 0.25) is 10.0 Å². The number of likely N-dealkylation sites (tertiary alicyclic amines) is 1. The number of benzene rings is 2. The van der Waals surface area contributed by atoms with Gasteiger partial charge in [0, 0.05) is 52.5 Å². The number of hydrogen-bond donors (Lipinski definition) is 4. The summed E-state index contributed by atoms with van der Waals surface area (Å²) in [5.41, 5.74) is 4.57. The van der Waals surface area contributed by atoms with E-state index in [0.29, 0.717) is 40.9 Å². The number of nitrogens with one attached hydrogen (secondary N) is 3. The normalized spacial score (nSPS) is 25.9. The summed E-state index contributed by atoms with van der Waals surface area (Å²) in [4.78, 5) is 45.3. The van der Waals surface area contributed by atoms with Crippen LogP contribution in [0.1, 0.15) is 70.3 Å². The fourth-order valence-electron chi connectivity index (χ4n) is 6.64. The lowest BCUT2D eigenvalue weighted by Gasteiger charge is -2.41. The Balaban J connectivity index is 1.73. The summed E-state index contributed by atoms with van der Waals surface area (Å²) >= 11 is 12.7. The standard InChI is InChI=1S/C35H42Cl2N6O4/c1-7-47-27-18-28(32(2,3)4)39-19-26(27)35(31(46)43-17-16-25(20-43)40-30(45)29(38)44)41-33(5,21-8-12-23(36)13-9-21)34(6,42-35)22-10-14-24(37)15-11-22/h8-15,18-19,25,41-42H,7,16-17,20H2,1-6H3,(H2,38,44)(H,40,45)/t25?,33-,34+,35?. The average molecular weight is 682 g/mol. The number of nitrogens with two attached hydrogens (primary N) is 1. The minimum atomic E-state index is -1.57. The lowest BCUT2D eigenvalue weighted by Crippen LogP contribution is -2.61. The highest BCUT2D eigenvalue weighted by atomic mass is 35.5. The molecule has 47 heavy (non-hydrogen) atoms. The van der Waals surface area contributed by atoms with Crippen LogP contribution in [0.4, 0.5) is 0 Å². The van der Waals surface area contributed by atoms with E-state index < -0.39 is 34.6 Å². The van der Waals surface area contributed by atoms with Crippen molar-refractivity contribution < 1.29 is 19.1 Å². The molecule has 2 aliphatic rings. The highest BCUT2D eigenvalue weighted by Crippen LogP contribution is 2.51. The number of rotatable bonds is 7. The van der Waals surface area contributed by atoms with Crippen molar-refractivity contribution in [3.8, 4) is 5.75 Å². The molecule has 0 saturated carbocycles. The highest BCUT2D eigenvalue weighted by Gasteiger charge is 2.65. The van der Waals surface area contributed by atoms with Crippen LogP contribution in [-0.4, -0.2) is 53.3 Å². The second-order valence-electron chi connectivity index (χ2n) is 13.6. The molecule has 250 valence electrons. The SMILES string of the molecule is CCOc1cc(C(C)(C)C)ncc1C1(C(=O)N2CCC(NC(=O)C(N)=O)C2)N[C@@](C)(c2ccc(Cl)cc2)[C@@](C)(c2ccc(Cl)cc2)N1. The van der Waals surface area contributed by atoms with E-state index in [9.17, 15) is 9.59 Å². The summed E-state index contributed by atoms with van der Waals surface area (Å²) in [5, 5.41) is 11.4. The topological polar surface area (TPSA) is 139 Å². The Hall–Kier alpha value is -3.70. The summed E-state index contributed by atoms with van der Waals surface area (Å²) in [6, 6.07) is 16.5. The van der Waals surface area contributed by atoms with Crippen molar-refractivity contribution in [2.75, 3.05) is 19.7 Å². The monoisotopic (exact) mass is 680 g/mol. The Bertz CT molecular complexity index is 1620. The number of aromatic nitrogens is 1. The molecule has 2 fully saturated rings. The Morgan fingerprint density at radius 3 is 2.00 bits per heavy atom. The number of ether oxygens (including phenoxy) is 1. The van der Waals surface area contributed by atoms with Crippen LogP contribution in [0.5, 0.6) is 5.75 Å². The zero-order chi connectivity index (χ0) is 34.4. The third-order valence-corrected chi connectivity index (χ3v) is 9.92. The van der Waals surface area contributed by atoms with Gasteiger partial charge in [-0.15, -0.1) is 0 Å². The van der Waals surface area contributed by atoms with E-state index in [1.807, 2.05) is 75.4 Å². The van der Waals surface area contributed by atoms with Crippen LogP contribution in [0.15, 0.2) is 60.8 Å². The maximum atomic E-state index is 15.2. The van der Waals surface area contributed by atoms with Crippen LogP contribution < -0.4 is 26.4 Å². The molecule has 0 bridgehead atoms. The predicted octanol–water partition coefficient (Wildman–Crippen LogP) is 4.46. The quantitative estimate of drug-likeness (QED) is 0.270. The van der Waals surface area contributed by atoms with Gasteiger partial charge in [-0.2, -0.15) is 0 Å². The number of pyridine rings is 1. The van der Waals surface area contributed by atoms with Crippen LogP contribution in [-0.2, 0) is 36.5 Å². The van der Waals surface area contributed by atoms with Gasteiger partial charge in [-0.25, -0.2) is 0 Å². The van der Waals surface area contributed by atoms with E-state index in [4.69, 9.17) is 38.7 Å². The van der Waals surface area contributed by atoms with Crippen LogP contribution in [0.3, 0.4) is 0 Å². The summed E-state index contributed by atoms with van der Waals surface area (Å²) < 4.78 is 6.27. The number of hydrogen-bond acceptors (Lipinski definition) is 7. The fraction of sp³-hybridized carbons (Fsp3) is 0.429. The molecule has 3 aromatic rings. The smallest absolute Gasteiger partial charge is 0.309 e. The molecule has 2 aliphatic heterocycles. The van der Waals surface area contributed by atoms with Crippen LogP contribution >= 0.6 is 23.2 Å². The van der Waals surface area contributed by atoms with Crippen molar-refractivity contribution >= 4 is 40.9 Å². The van der Waals surface area contributed by atoms with E-state index >= 15 is 4.79 Å². The Morgan fingerprint density at radius 1 is 1.00 bits per heavy atom. The molecule has 2 unspecified atom stereocenters. The first-order valence-corrected chi connectivity index (χ1v) is 16.4. The first kappa shape index (κ1) is 34.6. The van der Waals surface area contributed by atoms with E-state index in [0.717, 1.165) is 16.8 Å². The van der Waals surface area contributed by atoms with Crippen molar-refractivity contribution in [1.29, 1.82) is 0 Å². The van der Waals surface area contributed by atoms with Gasteiger partial charge >= 0.3 is 11.8 Å². The molecule has 4 atom stereocenters. The summed E-state index contributed by atoms with van der Waals surface area (Å²) in [6.45, 7) is 13.1. The van der Waals surface area contributed by atoms with Gasteiger partial charge in [0.2, 0.25) is 0 Å². The maximum Gasteiger partial charge on any atom is 0.309 e. The van der Waals surface area contributed by atoms with Crippen molar-refractivity contribution in [1.82, 2.24) is 25.8 Å². The van der Waals surface area contributed by atoms with E-state index in [1.165, 1.54) is 0 Å². The number of nitrogens with zero attached hydrogens (tertiary/aromatic N) is 2. The molecule has 12 heteroatoms. The summed E-state index contributed by atoms with van der Waals surface area (Å²) in [7, 11) is 0. The molecular formula is C35H42Cl2N6O4. The van der Waals surface area contributed by atoms with Crippen molar-refractivity contribution in [2.45, 2.75) is 76.2 Å². The minimum Gasteiger partial charge on any atom is -0.493 e. The van der Waals surface area contributed by atoms with Gasteiger partial charge in [-0.05, 0) is 62.6 Å². The zero-order valence-electron chi connectivity index (χ0n) is 27.5. The molecule has 10 nitrogen and oxygen atoms in total. The highest BCUT2D eigenvalue weighted by molar-refractivity contribution is 6.34. The minimum absolute atomic E-state index is 0.176. The van der Waals surface area contributed by atoms with Crippen molar-refractivity contribution in [3.05, 3.63) is 93.2 Å². The lowest BCUT2D eigenvalue weighted by molar-refractivity contribution is -0.139. The van der Waals surface area contributed by atoms with Gasteiger partial charge in [0.15, 0.2) is 5.66 Å². The maximum absolute atomic E-state index is 15.2. The number of amides is 3. The lowest BCUT2D eigenvalue weighted by atomic mass is 9.72. The van der Waals surface area contributed by atoms with Gasteiger partial charge < -0.3 is 20.7 Å². The van der Waals surface area contributed by atoms with Gasteiger partial charge in [-0.1, -0.05) is 68.2 Å². The Kier molecular flexibility index (Phi) is 9.38. The van der Waals surface area contributed by atoms with Crippen molar-refractivity contribution in [2.24, 2.45) is 5.73 Å². The molecule has 2 saturated heterocycles. The Morgan fingerprint density at radius 2 is 1.53 bits per heavy atom. The zero-order valence-corrected chi connectivity index (χ0v) is 29.1. The van der Waals surface area contributed by atoms with Crippen molar-refractivity contribution in [3.63, 3.8) is 0 Å². The number of carbonyl (C=O) groups is 3. The van der Waals surface area contributed by atoms with Gasteiger partial charge in [-0.3, -0.25) is 30.0 Å². The molecule has 1 aromatic heterocycles. The molecule has 3 heterocycles. The van der Waals surface area contributed by atoms with E-state index in [-0.39, 0.29) is 17.9 Å². The first-order valence-electron chi connectivity index (χ1n) is 15.7. The third kappa shape index (κ3) is 6.32. The second-order valence-corrected chi connectivity index (χ2v) is 14.5. The summed E-state index contributed by atoms with van der Waals surface area (Å²) in [5.74, 6) is -1.74. The van der Waals surface area contributed by atoms with Gasteiger partial charge in [0.1, 0.15) is 5.75 Å². The molecule has 5 N–H and O–H groups in total. The molecule has 0 radical (unpaired) electrons. The van der Waals surface area contributed by atoms with Gasteiger partial charge in [0.05, 0.1) is 23.2 Å². The average Bonchev–Trinajstić information content (AvgIpc) is 3.58. The van der Waals surface area contributed by atoms with Crippen LogP contribution in [0, 0.1) is 0 Å². The predicted molar refractivity (Wildman–Crippen MR) is 182 cm³/mol. The van der Waals surface area contributed by atoms with E-state index in [2.05, 4.69) is 36.7 Å². The number of halogens is 2. The van der Waals surface area contributed by atoms with Gasteiger partial charge in [0.25, 0.3) is 5.91 Å². The molecule has 0 aliphatic carbocycles. The summed E-state index contributed by atoms with van der Waals surface area (Å²) in [6.07, 6.45) is 2.16. The molecule has 2 aromatic carbocycles. The molecular weight excluding hydrogens is 639 g/mol. The second kappa shape index (κ2) is 12.7.